The van der Waals surface area contributed by atoms with E-state index in [1.807, 2.05) is 57.3 Å². The fraction of sp³-hybridized carbons (Fsp3) is 0.500. The number of carbonyl (C=O) groups is 1. The van der Waals surface area contributed by atoms with Crippen LogP contribution in [0.3, 0.4) is 0 Å². The molecule has 1 N–H and O–H groups in total. The minimum absolute atomic E-state index is 0.0290. The molecule has 1 aromatic heterocycles. The number of nitrogens with one attached hydrogen (secondary N) is 1. The molecule has 1 aromatic carbocycles. The summed E-state index contributed by atoms with van der Waals surface area (Å²) in [6, 6.07) is 9.98. The number of hydrogen-bond acceptors (Lipinski definition) is 3. The van der Waals surface area contributed by atoms with Crippen LogP contribution in [0.1, 0.15) is 52.9 Å². The van der Waals surface area contributed by atoms with Gasteiger partial charge >= 0.3 is 6.09 Å². The van der Waals surface area contributed by atoms with Gasteiger partial charge in [0.2, 0.25) is 0 Å². The van der Waals surface area contributed by atoms with Crippen molar-refractivity contribution >= 4 is 6.09 Å². The number of rotatable bonds is 2. The van der Waals surface area contributed by atoms with E-state index >= 15 is 0 Å². The lowest BCUT2D eigenvalue weighted by Gasteiger charge is -2.28. The van der Waals surface area contributed by atoms with E-state index in [0.717, 1.165) is 23.5 Å². The minimum atomic E-state index is -0.507. The molecule has 0 unspecified atom stereocenters. The molecule has 5 nitrogen and oxygen atoms in total. The van der Waals surface area contributed by atoms with Crippen LogP contribution in [0.4, 0.5) is 4.79 Å². The van der Waals surface area contributed by atoms with E-state index in [1.54, 1.807) is 4.90 Å². The van der Waals surface area contributed by atoms with E-state index in [1.165, 1.54) is 0 Å². The molecular weight excluding hydrogens is 314 g/mol. The number of imidazole rings is 1. The molecule has 3 rings (SSSR count). The average Bonchev–Trinajstić information content (AvgIpc) is 3.10. The zero-order valence-electron chi connectivity index (χ0n) is 15.7. The highest BCUT2D eigenvalue weighted by atomic mass is 16.6. The number of aromatic amines is 1. The lowest BCUT2D eigenvalue weighted by molar-refractivity contribution is 0.0207. The van der Waals surface area contributed by atoms with Gasteiger partial charge in [0.25, 0.3) is 0 Å². The van der Waals surface area contributed by atoms with E-state index in [0.29, 0.717) is 6.54 Å². The second-order valence-corrected chi connectivity index (χ2v) is 8.54. The Kier molecular flexibility index (Phi) is 4.35. The maximum Gasteiger partial charge on any atom is 0.410 e. The van der Waals surface area contributed by atoms with E-state index < -0.39 is 5.60 Å². The molecule has 1 atom stereocenters. The van der Waals surface area contributed by atoms with Crippen molar-refractivity contribution in [1.29, 1.82) is 0 Å². The zero-order valence-corrected chi connectivity index (χ0v) is 15.7. The van der Waals surface area contributed by atoms with Gasteiger partial charge < -0.3 is 9.72 Å². The number of benzene rings is 1. The molecule has 5 heteroatoms. The molecule has 25 heavy (non-hydrogen) atoms. The zero-order chi connectivity index (χ0) is 18.2. The van der Waals surface area contributed by atoms with E-state index in [2.05, 4.69) is 23.8 Å². The molecule has 1 amide bonds. The second-order valence-electron chi connectivity index (χ2n) is 8.54. The van der Waals surface area contributed by atoms with Crippen LogP contribution in [0.5, 0.6) is 0 Å². The van der Waals surface area contributed by atoms with Crippen LogP contribution in [-0.4, -0.2) is 33.1 Å². The van der Waals surface area contributed by atoms with Crippen LogP contribution in [0.2, 0.25) is 0 Å². The highest BCUT2D eigenvalue weighted by Gasteiger charge is 2.43. The predicted octanol–water partition coefficient (Wildman–Crippen LogP) is 4.78. The van der Waals surface area contributed by atoms with Crippen LogP contribution >= 0.6 is 0 Å². The van der Waals surface area contributed by atoms with Crippen molar-refractivity contribution < 1.29 is 9.53 Å². The molecule has 1 fully saturated rings. The summed E-state index contributed by atoms with van der Waals surface area (Å²) in [6.45, 7) is 10.7. The van der Waals surface area contributed by atoms with Gasteiger partial charge in [-0.3, -0.25) is 4.90 Å². The number of likely N-dealkylation sites (tertiary alicyclic amines) is 1. The van der Waals surface area contributed by atoms with Crippen molar-refractivity contribution in [2.24, 2.45) is 5.41 Å². The first kappa shape index (κ1) is 17.5. The SMILES string of the molecule is CC1(C)C[C@@H](c2ncc(-c3ccccc3)[nH]2)N(C(=O)OC(C)(C)C)C1. The van der Waals surface area contributed by atoms with E-state index in [9.17, 15) is 4.79 Å². The lowest BCUT2D eigenvalue weighted by atomic mass is 9.90. The van der Waals surface area contributed by atoms with Crippen LogP contribution in [0.15, 0.2) is 36.5 Å². The van der Waals surface area contributed by atoms with Gasteiger partial charge in [0.15, 0.2) is 0 Å². The average molecular weight is 341 g/mol. The third-order valence-electron chi connectivity index (χ3n) is 4.34. The van der Waals surface area contributed by atoms with Crippen molar-refractivity contribution in [2.45, 2.75) is 52.7 Å². The normalized spacial score (nSPS) is 19.9. The van der Waals surface area contributed by atoms with E-state index in [4.69, 9.17) is 4.74 Å². The van der Waals surface area contributed by atoms with Crippen LogP contribution < -0.4 is 0 Å². The third-order valence-corrected chi connectivity index (χ3v) is 4.34. The molecule has 1 aliphatic heterocycles. The van der Waals surface area contributed by atoms with E-state index in [-0.39, 0.29) is 17.6 Å². The molecule has 2 aromatic rings. The van der Waals surface area contributed by atoms with Gasteiger partial charge in [0.05, 0.1) is 17.9 Å². The molecule has 134 valence electrons. The maximum absolute atomic E-state index is 12.7. The summed E-state index contributed by atoms with van der Waals surface area (Å²) in [7, 11) is 0. The topological polar surface area (TPSA) is 58.2 Å². The van der Waals surface area contributed by atoms with Crippen molar-refractivity contribution in [3.8, 4) is 11.3 Å². The number of ether oxygens (including phenoxy) is 1. The summed E-state index contributed by atoms with van der Waals surface area (Å²) in [5.74, 6) is 0.815. The summed E-state index contributed by atoms with van der Waals surface area (Å²) in [6.07, 6.45) is 2.41. The van der Waals surface area contributed by atoms with Gasteiger partial charge in [0.1, 0.15) is 11.4 Å². The first-order valence-electron chi connectivity index (χ1n) is 8.75. The standard InChI is InChI=1S/C20H27N3O2/c1-19(2,3)25-18(24)23-13-20(4,5)11-16(23)17-21-12-15(22-17)14-9-7-6-8-10-14/h6-10,12,16H,11,13H2,1-5H3,(H,21,22)/t16-/m0/s1. The Morgan fingerprint density at radius 2 is 1.96 bits per heavy atom. The Labute approximate surface area is 149 Å². The Bertz CT molecular complexity index is 744. The molecule has 0 radical (unpaired) electrons. The number of amides is 1. The van der Waals surface area contributed by atoms with Gasteiger partial charge in [-0.05, 0) is 38.2 Å². The first-order valence-corrected chi connectivity index (χ1v) is 8.75. The monoisotopic (exact) mass is 341 g/mol. The Balaban J connectivity index is 1.86. The molecule has 1 saturated heterocycles. The largest absolute Gasteiger partial charge is 0.444 e. The highest BCUT2D eigenvalue weighted by molar-refractivity contribution is 5.69. The molecule has 0 bridgehead atoms. The minimum Gasteiger partial charge on any atom is -0.444 e. The fourth-order valence-corrected chi connectivity index (χ4v) is 3.30. The Morgan fingerprint density at radius 3 is 2.60 bits per heavy atom. The number of nitrogens with zero attached hydrogens (tertiary/aromatic N) is 2. The van der Waals surface area contributed by atoms with Crippen molar-refractivity contribution in [1.82, 2.24) is 14.9 Å². The highest BCUT2D eigenvalue weighted by Crippen LogP contribution is 2.42. The van der Waals surface area contributed by atoms with Crippen LogP contribution in [0.25, 0.3) is 11.3 Å². The lowest BCUT2D eigenvalue weighted by Crippen LogP contribution is -2.37. The van der Waals surface area contributed by atoms with Crippen LogP contribution in [0, 0.1) is 5.41 Å². The van der Waals surface area contributed by atoms with Gasteiger partial charge in [0, 0.05) is 6.54 Å². The summed E-state index contributed by atoms with van der Waals surface area (Å²) in [4.78, 5) is 22.4. The summed E-state index contributed by atoms with van der Waals surface area (Å²) in [5.41, 5.74) is 1.57. The molecule has 2 heterocycles. The smallest absolute Gasteiger partial charge is 0.410 e. The summed E-state index contributed by atoms with van der Waals surface area (Å²) in [5, 5.41) is 0. The molecule has 0 aliphatic carbocycles. The van der Waals surface area contributed by atoms with Gasteiger partial charge in [-0.25, -0.2) is 9.78 Å². The molecular formula is C20H27N3O2. The van der Waals surface area contributed by atoms with Gasteiger partial charge in [-0.15, -0.1) is 0 Å². The molecule has 0 saturated carbocycles. The number of H-pyrrole nitrogens is 1. The number of hydrogen-bond donors (Lipinski definition) is 1. The van der Waals surface area contributed by atoms with Gasteiger partial charge in [-0.1, -0.05) is 44.2 Å². The quantitative estimate of drug-likeness (QED) is 0.855. The number of carbonyl (C=O) groups excluding carboxylic acids is 1. The summed E-state index contributed by atoms with van der Waals surface area (Å²) < 4.78 is 5.60. The van der Waals surface area contributed by atoms with Crippen molar-refractivity contribution in [3.63, 3.8) is 0 Å². The van der Waals surface area contributed by atoms with Crippen molar-refractivity contribution in [2.75, 3.05) is 6.54 Å². The first-order chi connectivity index (χ1) is 11.6. The van der Waals surface area contributed by atoms with Crippen molar-refractivity contribution in [3.05, 3.63) is 42.4 Å². The second kappa shape index (κ2) is 6.21. The number of aromatic nitrogens is 2. The van der Waals surface area contributed by atoms with Crippen LogP contribution in [-0.2, 0) is 4.74 Å². The van der Waals surface area contributed by atoms with Gasteiger partial charge in [-0.2, -0.15) is 0 Å². The Hall–Kier alpha value is -2.30. The maximum atomic E-state index is 12.7. The molecule has 1 aliphatic rings. The third kappa shape index (κ3) is 4.03. The predicted molar refractivity (Wildman–Crippen MR) is 98.1 cm³/mol. The molecule has 0 spiro atoms. The summed E-state index contributed by atoms with van der Waals surface area (Å²) >= 11 is 0. The fourth-order valence-electron chi connectivity index (χ4n) is 3.30. The Morgan fingerprint density at radius 1 is 1.28 bits per heavy atom.